The van der Waals surface area contributed by atoms with Crippen molar-refractivity contribution >= 4 is 11.9 Å². The third kappa shape index (κ3) is 4.24. The standard InChI is InChI=1S/C12H23N3O2/c1-3-7-14-11(16)10-6-5-8-15(9-10)12(17)13-4-2/h10H,3-9H2,1-2H3,(H,13,17)(H,14,16). The molecule has 0 aromatic rings. The topological polar surface area (TPSA) is 61.4 Å². The van der Waals surface area contributed by atoms with Gasteiger partial charge in [0.15, 0.2) is 0 Å². The summed E-state index contributed by atoms with van der Waals surface area (Å²) >= 11 is 0. The molecule has 98 valence electrons. The SMILES string of the molecule is CCCNC(=O)C1CCCN(C(=O)NCC)C1. The maximum Gasteiger partial charge on any atom is 0.317 e. The van der Waals surface area contributed by atoms with Crippen molar-refractivity contribution in [3.8, 4) is 0 Å². The van der Waals surface area contributed by atoms with Crippen LogP contribution in [0.4, 0.5) is 4.79 Å². The fourth-order valence-corrected chi connectivity index (χ4v) is 2.03. The lowest BCUT2D eigenvalue weighted by Crippen LogP contribution is -2.48. The van der Waals surface area contributed by atoms with E-state index in [4.69, 9.17) is 0 Å². The Morgan fingerprint density at radius 2 is 2.06 bits per heavy atom. The second-order valence-electron chi connectivity index (χ2n) is 4.41. The van der Waals surface area contributed by atoms with Crippen LogP contribution in [-0.4, -0.2) is 43.0 Å². The number of carbonyl (C=O) groups is 2. The van der Waals surface area contributed by atoms with Crippen LogP contribution in [0.2, 0.25) is 0 Å². The van der Waals surface area contributed by atoms with Gasteiger partial charge in [-0.3, -0.25) is 4.79 Å². The van der Waals surface area contributed by atoms with E-state index >= 15 is 0 Å². The molecular formula is C12H23N3O2. The van der Waals surface area contributed by atoms with Gasteiger partial charge in [0.1, 0.15) is 0 Å². The van der Waals surface area contributed by atoms with E-state index in [0.29, 0.717) is 13.1 Å². The minimum absolute atomic E-state index is 0.0436. The summed E-state index contributed by atoms with van der Waals surface area (Å²) < 4.78 is 0. The average molecular weight is 241 g/mol. The first kappa shape index (κ1) is 13.8. The van der Waals surface area contributed by atoms with Gasteiger partial charge in [0.2, 0.25) is 5.91 Å². The number of hydrogen-bond acceptors (Lipinski definition) is 2. The smallest absolute Gasteiger partial charge is 0.317 e. The fourth-order valence-electron chi connectivity index (χ4n) is 2.03. The Hall–Kier alpha value is -1.26. The zero-order valence-electron chi connectivity index (χ0n) is 10.8. The molecule has 1 fully saturated rings. The first-order valence-corrected chi connectivity index (χ1v) is 6.49. The highest BCUT2D eigenvalue weighted by Gasteiger charge is 2.27. The fraction of sp³-hybridized carbons (Fsp3) is 0.833. The van der Waals surface area contributed by atoms with Gasteiger partial charge >= 0.3 is 6.03 Å². The predicted octanol–water partition coefficient (Wildman–Crippen LogP) is 0.954. The summed E-state index contributed by atoms with van der Waals surface area (Å²) in [5.74, 6) is 0.0405. The molecule has 1 atom stereocenters. The minimum Gasteiger partial charge on any atom is -0.356 e. The quantitative estimate of drug-likeness (QED) is 0.770. The number of urea groups is 1. The van der Waals surface area contributed by atoms with Crippen LogP contribution in [0.15, 0.2) is 0 Å². The number of rotatable bonds is 4. The van der Waals surface area contributed by atoms with Crippen LogP contribution in [0, 0.1) is 5.92 Å². The van der Waals surface area contributed by atoms with Gasteiger partial charge < -0.3 is 15.5 Å². The van der Waals surface area contributed by atoms with Gasteiger partial charge in [-0.15, -0.1) is 0 Å². The minimum atomic E-state index is -0.0551. The highest BCUT2D eigenvalue weighted by atomic mass is 16.2. The zero-order chi connectivity index (χ0) is 12.7. The summed E-state index contributed by atoms with van der Waals surface area (Å²) in [4.78, 5) is 25.2. The number of nitrogens with one attached hydrogen (secondary N) is 2. The number of amides is 3. The van der Waals surface area contributed by atoms with Gasteiger partial charge in [0.05, 0.1) is 5.92 Å². The van der Waals surface area contributed by atoms with Crippen molar-refractivity contribution in [1.82, 2.24) is 15.5 Å². The average Bonchev–Trinajstić information content (AvgIpc) is 2.36. The van der Waals surface area contributed by atoms with Crippen molar-refractivity contribution in [2.24, 2.45) is 5.92 Å². The third-order valence-corrected chi connectivity index (χ3v) is 2.96. The molecule has 0 bridgehead atoms. The summed E-state index contributed by atoms with van der Waals surface area (Å²) in [5, 5.41) is 5.67. The zero-order valence-corrected chi connectivity index (χ0v) is 10.8. The Balaban J connectivity index is 2.42. The van der Waals surface area contributed by atoms with E-state index < -0.39 is 0 Å². The molecule has 1 aliphatic rings. The van der Waals surface area contributed by atoms with Crippen molar-refractivity contribution in [2.45, 2.75) is 33.1 Å². The van der Waals surface area contributed by atoms with Gasteiger partial charge in [-0.25, -0.2) is 4.79 Å². The molecule has 0 saturated carbocycles. The third-order valence-electron chi connectivity index (χ3n) is 2.96. The van der Waals surface area contributed by atoms with Crippen molar-refractivity contribution in [1.29, 1.82) is 0 Å². The molecule has 0 aliphatic carbocycles. The summed E-state index contributed by atoms with van der Waals surface area (Å²) in [7, 11) is 0. The van der Waals surface area contributed by atoms with Crippen molar-refractivity contribution in [3.05, 3.63) is 0 Å². The monoisotopic (exact) mass is 241 g/mol. The van der Waals surface area contributed by atoms with E-state index in [0.717, 1.165) is 32.4 Å². The first-order chi connectivity index (χ1) is 8.19. The summed E-state index contributed by atoms with van der Waals surface area (Å²) in [5.41, 5.74) is 0. The molecule has 0 spiro atoms. The van der Waals surface area contributed by atoms with Crippen LogP contribution in [-0.2, 0) is 4.79 Å². The molecule has 1 rings (SSSR count). The Labute approximate surface area is 103 Å². The molecule has 17 heavy (non-hydrogen) atoms. The van der Waals surface area contributed by atoms with Gasteiger partial charge in [-0.2, -0.15) is 0 Å². The van der Waals surface area contributed by atoms with Crippen LogP contribution in [0.5, 0.6) is 0 Å². The maximum absolute atomic E-state index is 11.8. The van der Waals surface area contributed by atoms with Crippen molar-refractivity contribution in [2.75, 3.05) is 26.2 Å². The van der Waals surface area contributed by atoms with Gasteiger partial charge in [0.25, 0.3) is 0 Å². The van der Waals surface area contributed by atoms with Crippen LogP contribution < -0.4 is 10.6 Å². The molecule has 0 radical (unpaired) electrons. The van der Waals surface area contributed by atoms with Gasteiger partial charge in [-0.1, -0.05) is 6.92 Å². The lowest BCUT2D eigenvalue weighted by molar-refractivity contribution is -0.126. The number of likely N-dealkylation sites (tertiary alicyclic amines) is 1. The summed E-state index contributed by atoms with van der Waals surface area (Å²) in [6.07, 6.45) is 2.73. The van der Waals surface area contributed by atoms with Crippen LogP contribution in [0.25, 0.3) is 0 Å². The van der Waals surface area contributed by atoms with E-state index in [2.05, 4.69) is 10.6 Å². The second-order valence-corrected chi connectivity index (χ2v) is 4.41. The molecule has 2 N–H and O–H groups in total. The molecule has 1 saturated heterocycles. The van der Waals surface area contributed by atoms with Crippen LogP contribution in [0.1, 0.15) is 33.1 Å². The van der Waals surface area contributed by atoms with E-state index in [9.17, 15) is 9.59 Å². The Bertz CT molecular complexity index is 268. The van der Waals surface area contributed by atoms with Crippen molar-refractivity contribution in [3.63, 3.8) is 0 Å². The number of hydrogen-bond donors (Lipinski definition) is 2. The maximum atomic E-state index is 11.8. The predicted molar refractivity (Wildman–Crippen MR) is 66.7 cm³/mol. The summed E-state index contributed by atoms with van der Waals surface area (Å²) in [6.45, 7) is 6.57. The highest BCUT2D eigenvalue weighted by Crippen LogP contribution is 2.16. The van der Waals surface area contributed by atoms with Gasteiger partial charge in [-0.05, 0) is 26.2 Å². The summed E-state index contributed by atoms with van der Waals surface area (Å²) in [6, 6.07) is -0.0551. The normalized spacial score (nSPS) is 19.9. The molecule has 1 unspecified atom stereocenters. The Kier molecular flexibility index (Phi) is 5.80. The molecular weight excluding hydrogens is 218 g/mol. The van der Waals surface area contributed by atoms with E-state index in [-0.39, 0.29) is 17.9 Å². The van der Waals surface area contributed by atoms with E-state index in [1.165, 1.54) is 0 Å². The second kappa shape index (κ2) is 7.14. The molecule has 1 aliphatic heterocycles. The van der Waals surface area contributed by atoms with E-state index in [1.54, 1.807) is 4.90 Å². The molecule has 0 aromatic carbocycles. The Morgan fingerprint density at radius 1 is 1.29 bits per heavy atom. The molecule has 1 heterocycles. The van der Waals surface area contributed by atoms with Crippen molar-refractivity contribution < 1.29 is 9.59 Å². The number of piperidine rings is 1. The molecule has 0 aromatic heterocycles. The van der Waals surface area contributed by atoms with Crippen LogP contribution >= 0.6 is 0 Å². The van der Waals surface area contributed by atoms with E-state index in [1.807, 2.05) is 13.8 Å². The molecule has 3 amide bonds. The molecule has 5 heteroatoms. The number of nitrogens with zero attached hydrogens (tertiary/aromatic N) is 1. The highest BCUT2D eigenvalue weighted by molar-refractivity contribution is 5.80. The first-order valence-electron chi connectivity index (χ1n) is 6.49. The lowest BCUT2D eigenvalue weighted by Gasteiger charge is -2.31. The Morgan fingerprint density at radius 3 is 2.71 bits per heavy atom. The molecule has 5 nitrogen and oxygen atoms in total. The largest absolute Gasteiger partial charge is 0.356 e. The number of carbonyl (C=O) groups excluding carboxylic acids is 2. The lowest BCUT2D eigenvalue weighted by atomic mass is 9.97. The van der Waals surface area contributed by atoms with Gasteiger partial charge in [0, 0.05) is 26.2 Å². The van der Waals surface area contributed by atoms with Crippen LogP contribution in [0.3, 0.4) is 0 Å².